The van der Waals surface area contributed by atoms with E-state index in [0.717, 1.165) is 76.2 Å². The summed E-state index contributed by atoms with van der Waals surface area (Å²) in [6.45, 7) is 3.83. The van der Waals surface area contributed by atoms with E-state index in [1.807, 2.05) is 4.90 Å². The maximum Gasteiger partial charge on any atom is 0.416 e. The van der Waals surface area contributed by atoms with Gasteiger partial charge in [-0.3, -0.25) is 9.48 Å². The Bertz CT molecular complexity index is 1640. The molecule has 0 radical (unpaired) electrons. The first kappa shape index (κ1) is 35.6. The summed E-state index contributed by atoms with van der Waals surface area (Å²) < 4.78 is 70.4. The molecule has 0 bridgehead atoms. The number of rotatable bonds is 9. The second-order valence-electron chi connectivity index (χ2n) is 13.8. The predicted octanol–water partition coefficient (Wildman–Crippen LogP) is 3.03. The molecule has 0 aliphatic carbocycles. The second kappa shape index (κ2) is 14.6. The van der Waals surface area contributed by atoms with Crippen molar-refractivity contribution in [3.8, 4) is 11.3 Å². The number of urea groups is 1. The molecule has 1 unspecified atom stereocenters. The van der Waals surface area contributed by atoms with Crippen molar-refractivity contribution in [2.45, 2.75) is 89.3 Å². The predicted molar refractivity (Wildman–Crippen MR) is 176 cm³/mol. The average molecular weight is 710 g/mol. The van der Waals surface area contributed by atoms with Crippen LogP contribution < -0.4 is 5.32 Å². The lowest BCUT2D eigenvalue weighted by molar-refractivity contribution is -0.138. The number of carbonyl (C=O) groups excluding carboxylic acids is 2. The normalized spacial score (nSPS) is 20.9. The van der Waals surface area contributed by atoms with E-state index in [1.54, 1.807) is 9.58 Å². The minimum Gasteiger partial charge on any atom is -0.390 e. The number of fused-ring (bicyclic) bond motifs is 1. The lowest BCUT2D eigenvalue weighted by Crippen LogP contribution is -2.47. The van der Waals surface area contributed by atoms with Gasteiger partial charge in [-0.25, -0.2) is 13.2 Å². The monoisotopic (exact) mass is 709 g/mol. The number of carbonyl (C=O) groups is 2. The summed E-state index contributed by atoms with van der Waals surface area (Å²) in [5.74, 6) is 0.217. The fraction of sp³-hybridized carbons (Fsp3) is 0.667. The van der Waals surface area contributed by atoms with E-state index in [4.69, 9.17) is 5.10 Å². The molecule has 3 saturated heterocycles. The molecule has 2 N–H and O–H groups in total. The van der Waals surface area contributed by atoms with Gasteiger partial charge in [0.2, 0.25) is 15.9 Å². The molecule has 3 amide bonds. The summed E-state index contributed by atoms with van der Waals surface area (Å²) in [6, 6.07) is 3.50. The van der Waals surface area contributed by atoms with Gasteiger partial charge < -0.3 is 25.1 Å². The van der Waals surface area contributed by atoms with Crippen LogP contribution in [0.2, 0.25) is 0 Å². The first-order valence-corrected chi connectivity index (χ1v) is 19.1. The lowest BCUT2D eigenvalue weighted by atomic mass is 9.97. The number of aliphatic hydroxyl groups excluding tert-OH is 1. The maximum absolute atomic E-state index is 14.1. The Balaban J connectivity index is 1.22. The molecule has 4 aliphatic rings. The number of halogens is 3. The van der Waals surface area contributed by atoms with E-state index in [-0.39, 0.29) is 43.7 Å². The number of sulfonamides is 1. The number of hydrogen-bond acceptors (Lipinski definition) is 7. The minimum absolute atomic E-state index is 0.00435. The van der Waals surface area contributed by atoms with Crippen molar-refractivity contribution < 1.29 is 36.3 Å². The van der Waals surface area contributed by atoms with Crippen LogP contribution >= 0.6 is 0 Å². The van der Waals surface area contributed by atoms with Gasteiger partial charge in [0.1, 0.15) is 0 Å². The van der Waals surface area contributed by atoms with Crippen LogP contribution in [0.3, 0.4) is 0 Å². The van der Waals surface area contributed by atoms with Gasteiger partial charge in [0, 0.05) is 94.6 Å². The molecule has 5 heterocycles. The summed E-state index contributed by atoms with van der Waals surface area (Å²) in [5.41, 5.74) is 1.06. The zero-order valence-corrected chi connectivity index (χ0v) is 28.7. The van der Waals surface area contributed by atoms with Crippen LogP contribution in [0.1, 0.15) is 67.3 Å². The number of nitrogens with zero attached hydrogens (tertiary/aromatic N) is 6. The first-order chi connectivity index (χ1) is 23.3. The number of likely N-dealkylation sites (tertiary alicyclic amines) is 3. The fourth-order valence-corrected chi connectivity index (χ4v) is 8.49. The fourth-order valence-electron chi connectivity index (χ4n) is 7.70. The summed E-state index contributed by atoms with van der Waals surface area (Å²) in [5, 5.41) is 18.6. The molecule has 1 atom stereocenters. The number of nitrogens with one attached hydrogen (secondary N) is 1. The van der Waals surface area contributed by atoms with Gasteiger partial charge in [0.05, 0.1) is 30.2 Å². The van der Waals surface area contributed by atoms with Crippen molar-refractivity contribution >= 4 is 22.0 Å². The van der Waals surface area contributed by atoms with Gasteiger partial charge in [-0.1, -0.05) is 6.07 Å². The Morgan fingerprint density at radius 3 is 2.41 bits per heavy atom. The quantitative estimate of drug-likeness (QED) is 0.410. The number of β-amino-alcohol motifs (C(OH)–C–C–N with tert-alkyl or cyclic N) is 1. The van der Waals surface area contributed by atoms with Gasteiger partial charge in [-0.15, -0.1) is 0 Å². The highest BCUT2D eigenvalue weighted by molar-refractivity contribution is 7.88. The molecule has 0 saturated carbocycles. The molecule has 16 heteroatoms. The number of amides is 3. The summed E-state index contributed by atoms with van der Waals surface area (Å²) in [4.78, 5) is 30.7. The van der Waals surface area contributed by atoms with Crippen LogP contribution in [0.25, 0.3) is 11.3 Å². The largest absolute Gasteiger partial charge is 0.416 e. The molecule has 4 aliphatic heterocycles. The third-order valence-electron chi connectivity index (χ3n) is 10.3. The highest BCUT2D eigenvalue weighted by Gasteiger charge is 2.36. The van der Waals surface area contributed by atoms with Crippen LogP contribution in [-0.2, 0) is 47.0 Å². The molecule has 6 rings (SSSR count). The molecule has 1 aromatic carbocycles. The Kier molecular flexibility index (Phi) is 10.6. The summed E-state index contributed by atoms with van der Waals surface area (Å²) >= 11 is 0. The van der Waals surface area contributed by atoms with E-state index in [1.165, 1.54) is 16.4 Å². The highest BCUT2D eigenvalue weighted by atomic mass is 32.2. The molecule has 1 aromatic heterocycles. The molecule has 49 heavy (non-hydrogen) atoms. The Hall–Kier alpha value is -3.21. The Morgan fingerprint density at radius 2 is 1.76 bits per heavy atom. The molecule has 2 aromatic rings. The SMILES string of the molecule is CS(=O)(=O)N1CCc2c(c(-c3ccc(C(F)(F)F)c(CNC(=O)N4CCCCC4)c3)nn2CC(O)CN2CCC(N3CCCC3=O)CC2)C1. The standard InChI is InChI=1S/C33H46F3N7O5S/c1-49(47,48)41-17-11-29-27(22-41)31(38-43(29)21-26(44)20-39-15-9-25(10-16-39)42-14-5-6-30(42)45)23-7-8-28(33(34,35)36)24(18-23)19-37-32(46)40-12-3-2-4-13-40/h7-8,18,25-26,44H,2-6,9-17,19-22H2,1H3,(H,37,46). The summed E-state index contributed by atoms with van der Waals surface area (Å²) in [6.07, 6.45) is 1.90. The smallest absolute Gasteiger partial charge is 0.390 e. The molecular weight excluding hydrogens is 663 g/mol. The van der Waals surface area contributed by atoms with Crippen molar-refractivity contribution in [3.63, 3.8) is 0 Å². The van der Waals surface area contributed by atoms with E-state index in [2.05, 4.69) is 10.2 Å². The zero-order valence-electron chi connectivity index (χ0n) is 27.9. The highest BCUT2D eigenvalue weighted by Crippen LogP contribution is 2.37. The van der Waals surface area contributed by atoms with E-state index < -0.39 is 33.9 Å². The maximum atomic E-state index is 14.1. The average Bonchev–Trinajstić information content (AvgIpc) is 3.66. The molecule has 0 spiro atoms. The number of piperidine rings is 2. The topological polar surface area (TPSA) is 131 Å². The minimum atomic E-state index is -4.65. The van der Waals surface area contributed by atoms with E-state index in [0.29, 0.717) is 49.3 Å². The van der Waals surface area contributed by atoms with Gasteiger partial charge in [-0.2, -0.15) is 22.6 Å². The van der Waals surface area contributed by atoms with E-state index in [9.17, 15) is 36.3 Å². The van der Waals surface area contributed by atoms with Crippen LogP contribution in [-0.4, -0.2) is 118 Å². The van der Waals surface area contributed by atoms with Crippen LogP contribution in [0.5, 0.6) is 0 Å². The van der Waals surface area contributed by atoms with Crippen molar-refractivity contribution in [1.82, 2.24) is 34.1 Å². The number of alkyl halides is 3. The Morgan fingerprint density at radius 1 is 1.02 bits per heavy atom. The van der Waals surface area contributed by atoms with Crippen LogP contribution in [0, 0.1) is 0 Å². The molecular formula is C33H46F3N7O5S. The second-order valence-corrected chi connectivity index (χ2v) is 15.7. The van der Waals surface area contributed by atoms with Gasteiger partial charge >= 0.3 is 12.2 Å². The third-order valence-corrected chi connectivity index (χ3v) is 11.5. The molecule has 270 valence electrons. The van der Waals surface area contributed by atoms with Crippen molar-refractivity contribution in [3.05, 3.63) is 40.6 Å². The zero-order chi connectivity index (χ0) is 34.9. The lowest BCUT2D eigenvalue weighted by Gasteiger charge is -2.37. The van der Waals surface area contributed by atoms with Crippen molar-refractivity contribution in [1.29, 1.82) is 0 Å². The number of hydrogen-bond donors (Lipinski definition) is 2. The van der Waals surface area contributed by atoms with Gasteiger partial charge in [0.15, 0.2) is 0 Å². The molecule has 3 fully saturated rings. The van der Waals surface area contributed by atoms with Crippen LogP contribution in [0.15, 0.2) is 18.2 Å². The number of aromatic nitrogens is 2. The summed E-state index contributed by atoms with van der Waals surface area (Å²) in [7, 11) is -3.56. The first-order valence-electron chi connectivity index (χ1n) is 17.2. The molecule has 12 nitrogen and oxygen atoms in total. The third kappa shape index (κ3) is 8.24. The van der Waals surface area contributed by atoms with Gasteiger partial charge in [-0.05, 0) is 56.2 Å². The number of aliphatic hydroxyl groups is 1. The Labute approximate surface area is 285 Å². The van der Waals surface area contributed by atoms with Crippen LogP contribution in [0.4, 0.5) is 18.0 Å². The number of benzene rings is 1. The van der Waals surface area contributed by atoms with Gasteiger partial charge in [0.25, 0.3) is 0 Å². The van der Waals surface area contributed by atoms with Crippen molar-refractivity contribution in [2.24, 2.45) is 0 Å². The van der Waals surface area contributed by atoms with E-state index >= 15 is 0 Å². The van der Waals surface area contributed by atoms with Crippen molar-refractivity contribution in [2.75, 3.05) is 52.1 Å².